The van der Waals surface area contributed by atoms with Crippen LogP contribution in [0.1, 0.15) is 0 Å². The fourth-order valence-corrected chi connectivity index (χ4v) is 4.03. The summed E-state index contributed by atoms with van der Waals surface area (Å²) in [5.41, 5.74) is 0. The van der Waals surface area contributed by atoms with Crippen LogP contribution in [-0.2, 0) is 19.7 Å². The quantitative estimate of drug-likeness (QED) is 0.500. The van der Waals surface area contributed by atoms with Crippen molar-refractivity contribution in [2.75, 3.05) is 20.3 Å². The Kier molecular flexibility index (Phi) is 8.42. The summed E-state index contributed by atoms with van der Waals surface area (Å²) in [5.74, 6) is -0.292. The van der Waals surface area contributed by atoms with Gasteiger partial charge in [-0.25, -0.2) is 16.8 Å². The zero-order valence-corrected chi connectivity index (χ0v) is 17.4. The number of rotatable bonds is 7. The third kappa shape index (κ3) is 5.84. The number of hydrogen-bond donors (Lipinski definition) is 3. The first-order valence-electron chi connectivity index (χ1n) is 8.06. The molecule has 2 aromatic carbocycles. The molecule has 14 heteroatoms. The monoisotopic (exact) mass is 490 g/mol. The molecule has 2 aromatic rings. The van der Waals surface area contributed by atoms with Gasteiger partial charge in [-0.15, -0.1) is 0 Å². The smallest absolute Gasteiger partial charge is 0.372 e. The molecule has 0 saturated heterocycles. The van der Waals surface area contributed by atoms with Crippen LogP contribution in [0.15, 0.2) is 58.3 Å². The van der Waals surface area contributed by atoms with Crippen LogP contribution in [0, 0.1) is 0 Å². The highest BCUT2D eigenvalue weighted by Crippen LogP contribution is 2.31. The van der Waals surface area contributed by atoms with Crippen LogP contribution in [0.25, 0.3) is 0 Å². The Balaban J connectivity index is 0.000000311. The second kappa shape index (κ2) is 9.80. The zero-order valence-electron chi connectivity index (χ0n) is 15.7. The van der Waals surface area contributed by atoms with Crippen molar-refractivity contribution in [1.29, 1.82) is 0 Å². The molecule has 8 nitrogen and oxygen atoms in total. The van der Waals surface area contributed by atoms with E-state index in [0.29, 0.717) is 6.07 Å². The van der Waals surface area contributed by atoms with E-state index in [1.54, 1.807) is 0 Å². The number of hydrogen-bond acceptors (Lipinski definition) is 8. The minimum atomic E-state index is -4.95. The molecular formula is C17H18F4O8S2. The van der Waals surface area contributed by atoms with Gasteiger partial charge in [0.1, 0.15) is 24.7 Å². The number of benzene rings is 2. The average Bonchev–Trinajstić information content (AvgIpc) is 2.73. The highest BCUT2D eigenvalue weighted by molar-refractivity contribution is 7.92. The molecule has 0 spiro atoms. The summed E-state index contributed by atoms with van der Waals surface area (Å²) in [7, 11) is -8.55. The Bertz CT molecular complexity index is 1100. The number of aliphatic hydroxyl groups is 2. The van der Waals surface area contributed by atoms with Gasteiger partial charge >= 0.3 is 10.5 Å². The normalized spacial score (nSPS) is 12.6. The first-order valence-corrected chi connectivity index (χ1v) is 11.0. The van der Waals surface area contributed by atoms with Gasteiger partial charge in [0.25, 0.3) is 0 Å². The molecule has 0 aromatic heterocycles. The summed E-state index contributed by atoms with van der Waals surface area (Å²) >= 11 is 0. The highest BCUT2D eigenvalue weighted by atomic mass is 32.2. The lowest BCUT2D eigenvalue weighted by Gasteiger charge is -2.14. The van der Waals surface area contributed by atoms with Crippen LogP contribution in [0.3, 0.4) is 0 Å². The van der Waals surface area contributed by atoms with E-state index in [0.717, 1.165) is 30.3 Å². The van der Waals surface area contributed by atoms with E-state index in [9.17, 15) is 34.4 Å². The maximum absolute atomic E-state index is 13.0. The van der Waals surface area contributed by atoms with Crippen molar-refractivity contribution in [3.63, 3.8) is 0 Å². The van der Waals surface area contributed by atoms with E-state index in [-0.39, 0.29) is 5.75 Å². The summed E-state index contributed by atoms with van der Waals surface area (Å²) < 4.78 is 102. The van der Waals surface area contributed by atoms with Crippen LogP contribution in [-0.4, -0.2) is 63.0 Å². The number of sulfone groups is 2. The molecule has 31 heavy (non-hydrogen) atoms. The molecule has 0 aliphatic heterocycles. The molecule has 0 atom stereocenters. The second-order valence-corrected chi connectivity index (χ2v) is 9.93. The summed E-state index contributed by atoms with van der Waals surface area (Å²) in [5, 5.41) is 17.1. The number of phenols is 1. The number of halogens is 4. The van der Waals surface area contributed by atoms with Gasteiger partial charge in [0.15, 0.2) is 0 Å². The maximum Gasteiger partial charge on any atom is 0.372 e. The predicted octanol–water partition coefficient (Wildman–Crippen LogP) is 1.81. The average molecular weight is 490 g/mol. The third-order valence-corrected chi connectivity index (χ3v) is 7.21. The van der Waals surface area contributed by atoms with E-state index in [4.69, 9.17) is 20.1 Å². The van der Waals surface area contributed by atoms with E-state index in [1.807, 2.05) is 0 Å². The van der Waals surface area contributed by atoms with Crippen LogP contribution in [0.5, 0.6) is 11.5 Å². The van der Waals surface area contributed by atoms with Crippen molar-refractivity contribution in [2.24, 2.45) is 0 Å². The number of phenolic OH excluding ortho intramolecular Hbond substituents is 1. The lowest BCUT2D eigenvalue weighted by atomic mass is 10.3. The van der Waals surface area contributed by atoms with Crippen molar-refractivity contribution in [2.45, 2.75) is 20.3 Å². The summed E-state index contributed by atoms with van der Waals surface area (Å²) in [6, 6.07) is 8.57. The lowest BCUT2D eigenvalue weighted by Crippen LogP contribution is -2.32. The second-order valence-electron chi connectivity index (χ2n) is 5.77. The number of aromatic hydroxyl groups is 1. The van der Waals surface area contributed by atoms with Crippen molar-refractivity contribution in [3.05, 3.63) is 48.5 Å². The fraction of sp³-hybridized carbons (Fsp3) is 0.294. The van der Waals surface area contributed by atoms with Crippen molar-refractivity contribution in [3.8, 4) is 11.5 Å². The molecule has 3 N–H and O–H groups in total. The molecule has 0 unspecified atom stereocenters. The van der Waals surface area contributed by atoms with E-state index in [2.05, 4.69) is 0 Å². The van der Waals surface area contributed by atoms with Gasteiger partial charge in [-0.1, -0.05) is 12.1 Å². The zero-order chi connectivity index (χ0) is 24.1. The summed E-state index contributed by atoms with van der Waals surface area (Å²) in [6.45, 7) is -3.56. The van der Waals surface area contributed by atoms with Crippen LogP contribution < -0.4 is 4.74 Å². The standard InChI is InChI=1S/C9H10F2O4S.C8H8F2O4S/c1-15-7-3-2-4-8(5-7)16(13,14)9(10,11)6-12;9-8(10,5-11)15(13,14)7-3-1-2-6(12)4-7/h2-5,12H,6H2,1H3;1-4,11-12H,5H2. The van der Waals surface area contributed by atoms with Crippen LogP contribution in [0.2, 0.25) is 0 Å². The number of methoxy groups -OCH3 is 1. The van der Waals surface area contributed by atoms with E-state index >= 15 is 0 Å². The Morgan fingerprint density at radius 3 is 1.61 bits per heavy atom. The first-order chi connectivity index (χ1) is 14.2. The lowest BCUT2D eigenvalue weighted by molar-refractivity contribution is 0.0262. The molecule has 0 amide bonds. The van der Waals surface area contributed by atoms with Gasteiger partial charge < -0.3 is 20.1 Å². The Morgan fingerprint density at radius 1 is 0.806 bits per heavy atom. The highest BCUT2D eigenvalue weighted by Gasteiger charge is 2.46. The number of aliphatic hydroxyl groups excluding tert-OH is 2. The summed E-state index contributed by atoms with van der Waals surface area (Å²) in [4.78, 5) is -1.33. The Hall–Kier alpha value is -2.42. The first kappa shape index (κ1) is 26.6. The molecule has 0 heterocycles. The SMILES string of the molecule is COc1cccc(S(=O)(=O)C(F)(F)CO)c1.O=S(=O)(c1cccc(O)c1)C(F)(F)CO. The molecule has 174 valence electrons. The topological polar surface area (TPSA) is 138 Å². The largest absolute Gasteiger partial charge is 0.508 e. The Morgan fingerprint density at radius 2 is 1.23 bits per heavy atom. The molecular weight excluding hydrogens is 472 g/mol. The van der Waals surface area contributed by atoms with E-state index in [1.165, 1.54) is 19.2 Å². The number of ether oxygens (including phenoxy) is 1. The minimum Gasteiger partial charge on any atom is -0.508 e. The molecule has 2 rings (SSSR count). The van der Waals surface area contributed by atoms with Crippen LogP contribution in [0.4, 0.5) is 17.6 Å². The molecule has 0 aliphatic rings. The minimum absolute atomic E-state index is 0.148. The van der Waals surface area contributed by atoms with Crippen molar-refractivity contribution < 1.29 is 54.5 Å². The predicted molar refractivity (Wildman–Crippen MR) is 99.5 cm³/mol. The van der Waals surface area contributed by atoms with Gasteiger partial charge in [0.2, 0.25) is 19.7 Å². The van der Waals surface area contributed by atoms with Gasteiger partial charge in [-0.3, -0.25) is 0 Å². The molecule has 0 fully saturated rings. The molecule has 0 aliphatic carbocycles. The van der Waals surface area contributed by atoms with Gasteiger partial charge in [-0.05, 0) is 36.4 Å². The third-order valence-electron chi connectivity index (χ3n) is 3.63. The van der Waals surface area contributed by atoms with Gasteiger partial charge in [0.05, 0.1) is 16.9 Å². The van der Waals surface area contributed by atoms with E-state index < -0.39 is 58.9 Å². The summed E-state index contributed by atoms with van der Waals surface area (Å²) in [6.07, 6.45) is 0. The Labute approximate surface area is 175 Å². The van der Waals surface area contributed by atoms with Gasteiger partial charge in [0, 0.05) is 0 Å². The number of alkyl halides is 4. The van der Waals surface area contributed by atoms with Gasteiger partial charge in [-0.2, -0.15) is 17.6 Å². The van der Waals surface area contributed by atoms with Crippen molar-refractivity contribution >= 4 is 19.7 Å². The van der Waals surface area contributed by atoms with Crippen LogP contribution >= 0.6 is 0 Å². The fourth-order valence-electron chi connectivity index (χ4n) is 1.93. The maximum atomic E-state index is 13.0. The molecule has 0 saturated carbocycles. The molecule has 0 radical (unpaired) electrons. The van der Waals surface area contributed by atoms with Crippen molar-refractivity contribution in [1.82, 2.24) is 0 Å². The molecule has 0 bridgehead atoms.